The first kappa shape index (κ1) is 17.2. The fourth-order valence-corrected chi connectivity index (χ4v) is 2.07. The van der Waals surface area contributed by atoms with Crippen molar-refractivity contribution in [2.45, 2.75) is 34.1 Å². The average molecular weight is 290 g/mol. The second kappa shape index (κ2) is 8.45. The largest absolute Gasteiger partial charge is 0.350 e. The van der Waals surface area contributed by atoms with E-state index in [4.69, 9.17) is 0 Å². The molecule has 0 saturated carbocycles. The van der Waals surface area contributed by atoms with E-state index in [1.807, 2.05) is 31.2 Å². The summed E-state index contributed by atoms with van der Waals surface area (Å²) in [5.74, 6) is 0.537. The highest BCUT2D eigenvalue weighted by molar-refractivity contribution is 5.95. The van der Waals surface area contributed by atoms with Crippen molar-refractivity contribution in [2.75, 3.05) is 19.6 Å². The van der Waals surface area contributed by atoms with Crippen LogP contribution in [0.4, 0.5) is 0 Å². The van der Waals surface area contributed by atoms with E-state index in [2.05, 4.69) is 19.2 Å². The quantitative estimate of drug-likeness (QED) is 0.839. The fraction of sp³-hybridized carbons (Fsp3) is 0.529. The highest BCUT2D eigenvalue weighted by atomic mass is 16.2. The number of hydrogen-bond donors (Lipinski definition) is 1. The third-order valence-corrected chi connectivity index (χ3v) is 3.48. The number of nitrogens with zero attached hydrogens (tertiary/aromatic N) is 1. The van der Waals surface area contributed by atoms with Gasteiger partial charge in [0.05, 0.1) is 0 Å². The van der Waals surface area contributed by atoms with Gasteiger partial charge in [-0.05, 0) is 30.9 Å². The lowest BCUT2D eigenvalue weighted by molar-refractivity contribution is -0.128. The van der Waals surface area contributed by atoms with E-state index in [0.29, 0.717) is 24.6 Å². The fourth-order valence-electron chi connectivity index (χ4n) is 2.07. The van der Waals surface area contributed by atoms with Crippen molar-refractivity contribution in [2.24, 2.45) is 5.92 Å². The number of benzene rings is 1. The third-order valence-electron chi connectivity index (χ3n) is 3.48. The van der Waals surface area contributed by atoms with Gasteiger partial charge in [0, 0.05) is 32.1 Å². The third kappa shape index (κ3) is 5.98. The van der Waals surface area contributed by atoms with E-state index in [-0.39, 0.29) is 11.8 Å². The van der Waals surface area contributed by atoms with Crippen LogP contribution in [0.2, 0.25) is 0 Å². The smallest absolute Gasteiger partial charge is 0.251 e. The van der Waals surface area contributed by atoms with Crippen LogP contribution in [-0.4, -0.2) is 36.3 Å². The summed E-state index contributed by atoms with van der Waals surface area (Å²) in [6.45, 7) is 9.54. The van der Waals surface area contributed by atoms with E-state index >= 15 is 0 Å². The number of carbonyl (C=O) groups excluding carboxylic acids is 2. The first-order valence-corrected chi connectivity index (χ1v) is 7.51. The zero-order chi connectivity index (χ0) is 15.8. The molecule has 1 rings (SSSR count). The van der Waals surface area contributed by atoms with E-state index in [0.717, 1.165) is 18.5 Å². The van der Waals surface area contributed by atoms with Gasteiger partial charge in [0.15, 0.2) is 0 Å². The molecule has 0 aromatic heterocycles. The van der Waals surface area contributed by atoms with Crippen LogP contribution >= 0.6 is 0 Å². The van der Waals surface area contributed by atoms with Crippen molar-refractivity contribution in [1.29, 1.82) is 0 Å². The molecule has 0 aliphatic carbocycles. The molecule has 0 bridgehead atoms. The second-order valence-electron chi connectivity index (χ2n) is 5.76. The molecule has 0 unspecified atom stereocenters. The van der Waals surface area contributed by atoms with Crippen LogP contribution in [0.3, 0.4) is 0 Å². The summed E-state index contributed by atoms with van der Waals surface area (Å²) >= 11 is 0. The summed E-state index contributed by atoms with van der Waals surface area (Å²) in [6, 6.07) is 7.49. The van der Waals surface area contributed by atoms with Gasteiger partial charge in [-0.2, -0.15) is 0 Å². The molecule has 2 amide bonds. The maximum atomic E-state index is 12.1. The van der Waals surface area contributed by atoms with E-state index < -0.39 is 0 Å². The van der Waals surface area contributed by atoms with Gasteiger partial charge in [-0.1, -0.05) is 32.0 Å². The van der Waals surface area contributed by atoms with Crippen molar-refractivity contribution >= 4 is 11.8 Å². The van der Waals surface area contributed by atoms with Crippen LogP contribution < -0.4 is 5.32 Å². The Morgan fingerprint density at radius 1 is 1.19 bits per heavy atom. The molecule has 0 spiro atoms. The molecule has 4 nitrogen and oxygen atoms in total. The number of hydrogen-bond acceptors (Lipinski definition) is 2. The van der Waals surface area contributed by atoms with Crippen molar-refractivity contribution in [3.8, 4) is 0 Å². The lowest BCUT2D eigenvalue weighted by Crippen LogP contribution is -2.38. The first-order valence-electron chi connectivity index (χ1n) is 7.51. The van der Waals surface area contributed by atoms with Crippen molar-refractivity contribution in [3.63, 3.8) is 0 Å². The van der Waals surface area contributed by atoms with Gasteiger partial charge in [-0.3, -0.25) is 9.59 Å². The minimum absolute atomic E-state index is 0.0563. The summed E-state index contributed by atoms with van der Waals surface area (Å²) in [4.78, 5) is 25.4. The first-order chi connectivity index (χ1) is 9.91. The molecular weight excluding hydrogens is 264 g/mol. The molecule has 0 fully saturated rings. The van der Waals surface area contributed by atoms with Gasteiger partial charge >= 0.3 is 0 Å². The Labute approximate surface area is 127 Å². The van der Waals surface area contributed by atoms with E-state index in [9.17, 15) is 9.59 Å². The van der Waals surface area contributed by atoms with Crippen LogP contribution in [0.25, 0.3) is 0 Å². The zero-order valence-electron chi connectivity index (χ0n) is 13.5. The molecule has 0 aliphatic heterocycles. The topological polar surface area (TPSA) is 49.4 Å². The van der Waals surface area contributed by atoms with E-state index in [1.165, 1.54) is 0 Å². The predicted molar refractivity (Wildman–Crippen MR) is 85.2 cm³/mol. The molecule has 1 N–H and O–H groups in total. The van der Waals surface area contributed by atoms with Crippen molar-refractivity contribution in [1.82, 2.24) is 10.2 Å². The molecule has 1 aromatic rings. The predicted octanol–water partition coefficient (Wildman–Crippen LogP) is 2.62. The Balaban J connectivity index is 2.45. The summed E-state index contributed by atoms with van der Waals surface area (Å²) in [5.41, 5.74) is 1.65. The highest BCUT2D eigenvalue weighted by Crippen LogP contribution is 2.06. The van der Waals surface area contributed by atoms with Gasteiger partial charge in [0.1, 0.15) is 0 Å². The minimum atomic E-state index is -0.0829. The monoisotopic (exact) mass is 290 g/mol. The molecule has 1 aromatic carbocycles. The summed E-state index contributed by atoms with van der Waals surface area (Å²) in [7, 11) is 0. The minimum Gasteiger partial charge on any atom is -0.350 e. The number of carbonyl (C=O) groups is 2. The van der Waals surface area contributed by atoms with Crippen LogP contribution in [0.15, 0.2) is 24.3 Å². The van der Waals surface area contributed by atoms with Crippen LogP contribution in [-0.2, 0) is 4.79 Å². The summed E-state index contributed by atoms with van der Waals surface area (Å²) in [5, 5.41) is 2.88. The second-order valence-corrected chi connectivity index (χ2v) is 5.76. The number of nitrogens with one attached hydrogen (secondary N) is 1. The maximum absolute atomic E-state index is 12.1. The molecule has 4 heteroatoms. The maximum Gasteiger partial charge on any atom is 0.251 e. The standard InChI is InChI=1S/C17H26N2O2/c1-13(2)9-11-19(15(4)20)12-10-18-17(21)16-8-6-5-7-14(16)3/h5-8,13H,9-12H2,1-4H3,(H,18,21). The van der Waals surface area contributed by atoms with E-state index in [1.54, 1.807) is 11.8 Å². The molecule has 0 saturated heterocycles. The lowest BCUT2D eigenvalue weighted by Gasteiger charge is -2.22. The average Bonchev–Trinajstić information content (AvgIpc) is 2.42. The molecule has 0 aliphatic rings. The Kier molecular flexibility index (Phi) is 6.92. The number of amides is 2. The lowest BCUT2D eigenvalue weighted by atomic mass is 10.1. The molecule has 116 valence electrons. The molecular formula is C17H26N2O2. The van der Waals surface area contributed by atoms with Gasteiger partial charge < -0.3 is 10.2 Å². The normalized spacial score (nSPS) is 10.5. The van der Waals surface area contributed by atoms with Crippen molar-refractivity contribution < 1.29 is 9.59 Å². The highest BCUT2D eigenvalue weighted by Gasteiger charge is 2.11. The van der Waals surface area contributed by atoms with Crippen LogP contribution in [0.5, 0.6) is 0 Å². The number of aryl methyl sites for hydroxylation is 1. The summed E-state index contributed by atoms with van der Waals surface area (Å²) in [6.07, 6.45) is 0.977. The Morgan fingerprint density at radius 2 is 1.86 bits per heavy atom. The van der Waals surface area contributed by atoms with Crippen LogP contribution in [0.1, 0.15) is 43.1 Å². The molecule has 0 atom stereocenters. The molecule has 0 radical (unpaired) electrons. The zero-order valence-corrected chi connectivity index (χ0v) is 13.5. The Bertz CT molecular complexity index is 483. The molecule has 21 heavy (non-hydrogen) atoms. The van der Waals surface area contributed by atoms with Gasteiger partial charge in [0.2, 0.25) is 5.91 Å². The van der Waals surface area contributed by atoms with Gasteiger partial charge in [-0.15, -0.1) is 0 Å². The SMILES string of the molecule is CC(=O)N(CCNC(=O)c1ccccc1C)CCC(C)C. The molecule has 0 heterocycles. The Hall–Kier alpha value is -1.84. The van der Waals surface area contributed by atoms with Crippen molar-refractivity contribution in [3.05, 3.63) is 35.4 Å². The Morgan fingerprint density at radius 3 is 2.43 bits per heavy atom. The number of rotatable bonds is 7. The summed E-state index contributed by atoms with van der Waals surface area (Å²) < 4.78 is 0. The van der Waals surface area contributed by atoms with Gasteiger partial charge in [0.25, 0.3) is 5.91 Å². The van der Waals surface area contributed by atoms with Gasteiger partial charge in [-0.25, -0.2) is 0 Å². The van der Waals surface area contributed by atoms with Crippen LogP contribution in [0, 0.1) is 12.8 Å².